The molecule has 1 aromatic rings. The number of pyridine rings is 1. The van der Waals surface area contributed by atoms with Gasteiger partial charge in [-0.1, -0.05) is 6.08 Å². The van der Waals surface area contributed by atoms with Gasteiger partial charge < -0.3 is 5.32 Å². The summed E-state index contributed by atoms with van der Waals surface area (Å²) in [6, 6.07) is 3.42. The van der Waals surface area contributed by atoms with Crippen molar-refractivity contribution in [3.05, 3.63) is 31.0 Å². The normalized spacial score (nSPS) is 13.3. The number of hydrogen-bond donors (Lipinski definition) is 1. The molecule has 0 bridgehead atoms. The van der Waals surface area contributed by atoms with Crippen molar-refractivity contribution in [1.82, 2.24) is 9.29 Å². The molecular weight excluding hydrogens is 250 g/mol. The molecule has 1 aromatic heterocycles. The fraction of sp³-hybridized carbons (Fsp3) is 0.417. The highest BCUT2D eigenvalue weighted by Crippen LogP contribution is 2.14. The van der Waals surface area contributed by atoms with E-state index in [0.29, 0.717) is 5.82 Å². The van der Waals surface area contributed by atoms with Crippen LogP contribution >= 0.6 is 0 Å². The highest BCUT2D eigenvalue weighted by atomic mass is 32.2. The summed E-state index contributed by atoms with van der Waals surface area (Å²) in [6.45, 7) is 5.67. The number of nitrogens with zero attached hydrogens (tertiary/aromatic N) is 2. The molecule has 0 saturated heterocycles. The van der Waals surface area contributed by atoms with Crippen molar-refractivity contribution in [2.24, 2.45) is 0 Å². The summed E-state index contributed by atoms with van der Waals surface area (Å²) in [5, 5.41) is 3.16. The number of anilines is 1. The van der Waals surface area contributed by atoms with Gasteiger partial charge in [-0.25, -0.2) is 17.7 Å². The van der Waals surface area contributed by atoms with E-state index in [1.807, 2.05) is 13.0 Å². The Balaban J connectivity index is 2.84. The predicted octanol–water partition coefficient (Wildman–Crippen LogP) is 1.71. The number of rotatable bonds is 6. The molecule has 0 aromatic carbocycles. The highest BCUT2D eigenvalue weighted by molar-refractivity contribution is 7.89. The van der Waals surface area contributed by atoms with Crippen molar-refractivity contribution in [3.63, 3.8) is 0 Å². The van der Waals surface area contributed by atoms with Crippen molar-refractivity contribution in [3.8, 4) is 0 Å². The number of aromatic nitrogens is 1. The Bertz CT molecular complexity index is 495. The fourth-order valence-corrected chi connectivity index (χ4v) is 2.24. The maximum atomic E-state index is 11.8. The van der Waals surface area contributed by atoms with E-state index in [9.17, 15) is 8.42 Å². The highest BCUT2D eigenvalue weighted by Gasteiger charge is 2.17. The third kappa shape index (κ3) is 3.54. The minimum atomic E-state index is -3.41. The molecule has 0 aliphatic rings. The van der Waals surface area contributed by atoms with Crippen LogP contribution in [0, 0.1) is 0 Å². The van der Waals surface area contributed by atoms with E-state index >= 15 is 0 Å². The van der Waals surface area contributed by atoms with E-state index < -0.39 is 10.0 Å². The lowest BCUT2D eigenvalue weighted by molar-refractivity contribution is 0.520. The zero-order chi connectivity index (χ0) is 13.8. The van der Waals surface area contributed by atoms with Crippen LogP contribution < -0.4 is 5.32 Å². The van der Waals surface area contributed by atoms with Gasteiger partial charge in [-0.2, -0.15) is 0 Å². The van der Waals surface area contributed by atoms with Gasteiger partial charge in [-0.3, -0.25) is 0 Å². The van der Waals surface area contributed by atoms with Gasteiger partial charge in [0.1, 0.15) is 10.7 Å². The molecule has 100 valence electrons. The number of nitrogens with one attached hydrogen (secondary N) is 1. The smallest absolute Gasteiger partial charge is 0.244 e. The molecule has 0 fully saturated rings. The molecule has 1 rings (SSSR count). The zero-order valence-electron chi connectivity index (χ0n) is 10.9. The third-order valence-electron chi connectivity index (χ3n) is 2.43. The molecule has 6 heteroatoms. The quantitative estimate of drug-likeness (QED) is 0.799. The Labute approximate surface area is 109 Å². The first-order valence-electron chi connectivity index (χ1n) is 5.64. The first kappa shape index (κ1) is 14.7. The van der Waals surface area contributed by atoms with Crippen molar-refractivity contribution < 1.29 is 8.42 Å². The second kappa shape index (κ2) is 5.97. The largest absolute Gasteiger partial charge is 0.367 e. The molecule has 0 aliphatic carbocycles. The summed E-state index contributed by atoms with van der Waals surface area (Å²) >= 11 is 0. The van der Waals surface area contributed by atoms with Gasteiger partial charge in [0.15, 0.2) is 0 Å². The lowest BCUT2D eigenvalue weighted by atomic mass is 10.2. The van der Waals surface area contributed by atoms with Crippen molar-refractivity contribution in [1.29, 1.82) is 0 Å². The summed E-state index contributed by atoms with van der Waals surface area (Å²) in [6.07, 6.45) is 4.00. The van der Waals surface area contributed by atoms with E-state index in [0.717, 1.165) is 10.7 Å². The second-order valence-corrected chi connectivity index (χ2v) is 6.39. The summed E-state index contributed by atoms with van der Waals surface area (Å²) in [7, 11) is -0.418. The molecule has 5 nitrogen and oxygen atoms in total. The zero-order valence-corrected chi connectivity index (χ0v) is 11.7. The second-order valence-electron chi connectivity index (χ2n) is 4.24. The van der Waals surface area contributed by atoms with E-state index in [4.69, 9.17) is 0 Å². The van der Waals surface area contributed by atoms with Crippen molar-refractivity contribution in [2.75, 3.05) is 19.4 Å². The van der Waals surface area contributed by atoms with Gasteiger partial charge in [0, 0.05) is 26.3 Å². The Morgan fingerprint density at radius 2 is 2.17 bits per heavy atom. The summed E-state index contributed by atoms with van der Waals surface area (Å²) in [5.41, 5.74) is 0. The number of hydrogen-bond acceptors (Lipinski definition) is 4. The molecule has 1 heterocycles. The maximum absolute atomic E-state index is 11.8. The summed E-state index contributed by atoms with van der Waals surface area (Å²) in [5.74, 6) is 0.655. The molecule has 0 radical (unpaired) electrons. The fourth-order valence-electron chi connectivity index (χ4n) is 1.39. The topological polar surface area (TPSA) is 62.3 Å². The molecular formula is C12H19N3O2S. The lowest BCUT2D eigenvalue weighted by Gasteiger charge is -2.14. The maximum Gasteiger partial charge on any atom is 0.244 e. The minimum absolute atomic E-state index is 0.189. The Morgan fingerprint density at radius 1 is 1.50 bits per heavy atom. The van der Waals surface area contributed by atoms with Gasteiger partial charge in [-0.05, 0) is 25.5 Å². The lowest BCUT2D eigenvalue weighted by Crippen LogP contribution is -2.22. The van der Waals surface area contributed by atoms with Crippen LogP contribution in [0.25, 0.3) is 0 Å². The molecule has 0 aliphatic heterocycles. The molecule has 0 saturated carbocycles. The van der Waals surface area contributed by atoms with Crippen molar-refractivity contribution in [2.45, 2.75) is 24.3 Å². The van der Waals surface area contributed by atoms with Gasteiger partial charge in [0.05, 0.1) is 0 Å². The Hall–Kier alpha value is -1.40. The molecule has 18 heavy (non-hydrogen) atoms. The van der Waals surface area contributed by atoms with Gasteiger partial charge in [0.2, 0.25) is 10.0 Å². The van der Waals surface area contributed by atoms with Crippen LogP contribution in [0.1, 0.15) is 13.3 Å². The van der Waals surface area contributed by atoms with Crippen LogP contribution in [0.5, 0.6) is 0 Å². The van der Waals surface area contributed by atoms with E-state index in [-0.39, 0.29) is 10.9 Å². The Morgan fingerprint density at radius 3 is 2.61 bits per heavy atom. The number of sulfonamides is 1. The van der Waals surface area contributed by atoms with E-state index in [1.54, 1.807) is 12.1 Å². The van der Waals surface area contributed by atoms with Crippen LogP contribution in [-0.2, 0) is 10.0 Å². The van der Waals surface area contributed by atoms with Gasteiger partial charge in [0.25, 0.3) is 0 Å². The van der Waals surface area contributed by atoms with E-state index in [2.05, 4.69) is 16.9 Å². The van der Waals surface area contributed by atoms with E-state index in [1.165, 1.54) is 20.3 Å². The molecule has 1 unspecified atom stereocenters. The monoisotopic (exact) mass is 269 g/mol. The van der Waals surface area contributed by atoms with Gasteiger partial charge in [-0.15, -0.1) is 6.58 Å². The summed E-state index contributed by atoms with van der Waals surface area (Å²) in [4.78, 5) is 4.29. The Kier molecular flexibility index (Phi) is 4.86. The molecule has 0 amide bonds. The first-order valence-corrected chi connectivity index (χ1v) is 7.08. The van der Waals surface area contributed by atoms with Crippen LogP contribution in [0.2, 0.25) is 0 Å². The minimum Gasteiger partial charge on any atom is -0.367 e. The van der Waals surface area contributed by atoms with Crippen LogP contribution in [0.15, 0.2) is 35.9 Å². The SMILES string of the molecule is C=CCC(C)Nc1ccc(S(=O)(=O)N(C)C)cn1. The van der Waals surface area contributed by atoms with Gasteiger partial charge >= 0.3 is 0 Å². The average Bonchev–Trinajstić information content (AvgIpc) is 2.29. The molecule has 0 spiro atoms. The predicted molar refractivity (Wildman–Crippen MR) is 73.0 cm³/mol. The van der Waals surface area contributed by atoms with Crippen molar-refractivity contribution >= 4 is 15.8 Å². The standard InChI is InChI=1S/C12H19N3O2S/c1-5-6-10(2)14-12-8-7-11(9-13-12)18(16,17)15(3)4/h5,7-10H,1,6H2,2-4H3,(H,13,14). The molecule has 1 N–H and O–H groups in total. The van der Waals surface area contributed by atoms with Crippen LogP contribution in [0.4, 0.5) is 5.82 Å². The summed E-state index contributed by atoms with van der Waals surface area (Å²) < 4.78 is 24.8. The first-order chi connectivity index (χ1) is 8.37. The van der Waals surface area contributed by atoms with Crippen LogP contribution in [0.3, 0.4) is 0 Å². The van der Waals surface area contributed by atoms with Crippen LogP contribution in [-0.4, -0.2) is 37.8 Å². The third-order valence-corrected chi connectivity index (χ3v) is 4.23. The average molecular weight is 269 g/mol. The molecule has 1 atom stereocenters.